The summed E-state index contributed by atoms with van der Waals surface area (Å²) in [6.45, 7) is 4.60. The maximum atomic E-state index is 12.5. The number of sulfone groups is 1. The molecule has 0 spiro atoms. The predicted octanol–water partition coefficient (Wildman–Crippen LogP) is 3.62. The van der Waals surface area contributed by atoms with Gasteiger partial charge in [-0.3, -0.25) is 9.69 Å². The van der Waals surface area contributed by atoms with E-state index in [9.17, 15) is 13.2 Å². The Balaban J connectivity index is 1.70. The largest absolute Gasteiger partial charge is 0.324 e. The van der Waals surface area contributed by atoms with Crippen LogP contribution < -0.4 is 5.32 Å². The lowest BCUT2D eigenvalue weighted by atomic mass is 10.2. The van der Waals surface area contributed by atoms with E-state index < -0.39 is 9.84 Å². The van der Waals surface area contributed by atoms with Gasteiger partial charge in [-0.2, -0.15) is 5.10 Å². The van der Waals surface area contributed by atoms with Crippen molar-refractivity contribution in [2.24, 2.45) is 0 Å². The zero-order valence-electron chi connectivity index (χ0n) is 17.9. The van der Waals surface area contributed by atoms with E-state index in [4.69, 9.17) is 11.6 Å². The van der Waals surface area contributed by atoms with Gasteiger partial charge >= 0.3 is 0 Å². The van der Waals surface area contributed by atoms with Gasteiger partial charge in [0.05, 0.1) is 33.5 Å². The van der Waals surface area contributed by atoms with Gasteiger partial charge in [0.15, 0.2) is 9.84 Å². The predicted molar refractivity (Wildman–Crippen MR) is 123 cm³/mol. The molecule has 1 amide bonds. The molecule has 31 heavy (non-hydrogen) atoms. The number of anilines is 1. The number of hydrogen-bond acceptors (Lipinski definition) is 5. The summed E-state index contributed by atoms with van der Waals surface area (Å²) in [5, 5.41) is 7.62. The summed E-state index contributed by atoms with van der Waals surface area (Å²) in [6.07, 6.45) is 1.11. The van der Waals surface area contributed by atoms with E-state index >= 15 is 0 Å². The van der Waals surface area contributed by atoms with E-state index in [1.165, 1.54) is 18.2 Å². The fraction of sp³-hybridized carbons (Fsp3) is 0.273. The zero-order chi connectivity index (χ0) is 22.8. The molecule has 9 heteroatoms. The van der Waals surface area contributed by atoms with Crippen molar-refractivity contribution in [3.8, 4) is 5.69 Å². The van der Waals surface area contributed by atoms with Crippen LogP contribution in [0.5, 0.6) is 0 Å². The number of aromatic nitrogens is 2. The molecule has 0 aliphatic rings. The number of para-hydroxylation sites is 1. The average Bonchev–Trinajstić information content (AvgIpc) is 2.97. The molecule has 0 aliphatic carbocycles. The molecular weight excluding hydrogens is 436 g/mol. The Morgan fingerprint density at radius 3 is 2.48 bits per heavy atom. The number of halogens is 1. The summed E-state index contributed by atoms with van der Waals surface area (Å²) in [4.78, 5) is 14.5. The number of likely N-dealkylation sites (N-methyl/N-ethyl adjacent to an activating group) is 1. The van der Waals surface area contributed by atoms with Crippen LogP contribution in [0.4, 0.5) is 5.69 Å². The van der Waals surface area contributed by atoms with Gasteiger partial charge in [0, 0.05) is 24.1 Å². The van der Waals surface area contributed by atoms with Crippen LogP contribution >= 0.6 is 11.6 Å². The third-order valence-electron chi connectivity index (χ3n) is 4.92. The number of carbonyl (C=O) groups excluding carboxylic acids is 1. The molecule has 0 saturated heterocycles. The van der Waals surface area contributed by atoms with Gasteiger partial charge in [-0.25, -0.2) is 13.1 Å². The van der Waals surface area contributed by atoms with E-state index in [1.54, 1.807) is 0 Å². The fourth-order valence-corrected chi connectivity index (χ4v) is 4.13. The number of nitrogens with one attached hydrogen (secondary N) is 1. The number of rotatable bonds is 7. The minimum absolute atomic E-state index is 0.0973. The van der Waals surface area contributed by atoms with Gasteiger partial charge in [0.1, 0.15) is 0 Å². The van der Waals surface area contributed by atoms with Gasteiger partial charge < -0.3 is 5.32 Å². The van der Waals surface area contributed by atoms with Crippen LogP contribution in [0.1, 0.15) is 17.0 Å². The van der Waals surface area contributed by atoms with Crippen molar-refractivity contribution in [1.29, 1.82) is 0 Å². The highest BCUT2D eigenvalue weighted by Gasteiger charge is 2.17. The molecule has 0 unspecified atom stereocenters. The van der Waals surface area contributed by atoms with Crippen molar-refractivity contribution in [2.45, 2.75) is 25.3 Å². The fourth-order valence-electron chi connectivity index (χ4n) is 3.32. The summed E-state index contributed by atoms with van der Waals surface area (Å²) >= 11 is 6.13. The third kappa shape index (κ3) is 5.52. The molecule has 0 saturated carbocycles. The second-order valence-corrected chi connectivity index (χ2v) is 9.95. The number of amides is 1. The summed E-state index contributed by atoms with van der Waals surface area (Å²) in [6, 6.07) is 14.1. The number of hydrogen-bond donors (Lipinski definition) is 1. The first kappa shape index (κ1) is 23.0. The Labute approximate surface area is 187 Å². The van der Waals surface area contributed by atoms with E-state index in [0.717, 1.165) is 28.9 Å². The van der Waals surface area contributed by atoms with Crippen molar-refractivity contribution < 1.29 is 13.2 Å². The van der Waals surface area contributed by atoms with E-state index in [1.807, 2.05) is 60.8 Å². The molecule has 1 N–H and O–H groups in total. The van der Waals surface area contributed by atoms with Gasteiger partial charge in [0.2, 0.25) is 5.91 Å². The smallest absolute Gasteiger partial charge is 0.238 e. The van der Waals surface area contributed by atoms with Gasteiger partial charge in [0.25, 0.3) is 0 Å². The zero-order valence-corrected chi connectivity index (χ0v) is 19.5. The maximum Gasteiger partial charge on any atom is 0.238 e. The molecule has 3 rings (SSSR count). The van der Waals surface area contributed by atoms with E-state index in [-0.39, 0.29) is 28.1 Å². The topological polar surface area (TPSA) is 84.3 Å². The lowest BCUT2D eigenvalue weighted by Gasteiger charge is -2.17. The Morgan fingerprint density at radius 2 is 1.84 bits per heavy atom. The lowest BCUT2D eigenvalue weighted by Crippen LogP contribution is -2.30. The first-order valence-electron chi connectivity index (χ1n) is 9.65. The van der Waals surface area contributed by atoms with Crippen molar-refractivity contribution in [3.63, 3.8) is 0 Å². The molecule has 3 aromatic rings. The van der Waals surface area contributed by atoms with Crippen molar-refractivity contribution in [1.82, 2.24) is 14.7 Å². The van der Waals surface area contributed by atoms with E-state index in [2.05, 4.69) is 10.4 Å². The highest BCUT2D eigenvalue weighted by Crippen LogP contribution is 2.25. The van der Waals surface area contributed by atoms with Crippen LogP contribution in [-0.4, -0.2) is 48.9 Å². The maximum absolute atomic E-state index is 12.5. The van der Waals surface area contributed by atoms with Crippen LogP contribution in [0.2, 0.25) is 5.02 Å². The number of carbonyl (C=O) groups is 1. The van der Waals surface area contributed by atoms with Crippen LogP contribution in [0.3, 0.4) is 0 Å². The SMILES string of the molecule is Cc1nn(-c2ccccc2)c(C)c1CN(C)CC(=O)Nc1cc(S(C)(=O)=O)ccc1Cl. The summed E-state index contributed by atoms with van der Waals surface area (Å²) < 4.78 is 25.4. The van der Waals surface area contributed by atoms with Crippen LogP contribution in [0.15, 0.2) is 53.4 Å². The molecule has 2 aromatic carbocycles. The highest BCUT2D eigenvalue weighted by molar-refractivity contribution is 7.90. The second kappa shape index (κ2) is 9.21. The molecular formula is C22H25ClN4O3S. The minimum Gasteiger partial charge on any atom is -0.324 e. The van der Waals surface area contributed by atoms with Crippen LogP contribution in [-0.2, 0) is 21.2 Å². The molecule has 0 aliphatic heterocycles. The van der Waals surface area contributed by atoms with Crippen molar-refractivity contribution in [2.75, 3.05) is 25.2 Å². The number of benzene rings is 2. The average molecular weight is 461 g/mol. The normalized spacial score (nSPS) is 11.7. The third-order valence-corrected chi connectivity index (χ3v) is 6.36. The molecule has 0 radical (unpaired) electrons. The van der Waals surface area contributed by atoms with Gasteiger partial charge in [-0.1, -0.05) is 29.8 Å². The summed E-state index contributed by atoms with van der Waals surface area (Å²) in [7, 11) is -1.56. The first-order chi connectivity index (χ1) is 14.6. The van der Waals surface area contributed by atoms with Crippen molar-refractivity contribution in [3.05, 3.63) is 70.5 Å². The summed E-state index contributed by atoms with van der Waals surface area (Å²) in [5.74, 6) is -0.291. The molecule has 1 heterocycles. The second-order valence-electron chi connectivity index (χ2n) is 7.53. The molecule has 0 bridgehead atoms. The lowest BCUT2D eigenvalue weighted by molar-refractivity contribution is -0.117. The van der Waals surface area contributed by atoms with Gasteiger partial charge in [-0.05, 0) is 51.2 Å². The molecule has 1 aromatic heterocycles. The van der Waals surface area contributed by atoms with Crippen LogP contribution in [0.25, 0.3) is 5.69 Å². The molecule has 7 nitrogen and oxygen atoms in total. The Morgan fingerprint density at radius 1 is 1.16 bits per heavy atom. The minimum atomic E-state index is -3.40. The Kier molecular flexibility index (Phi) is 6.83. The quantitative estimate of drug-likeness (QED) is 0.582. The standard InChI is InChI=1S/C22H25ClN4O3S/c1-15-19(16(2)27(25-15)17-8-6-5-7-9-17)13-26(3)14-22(28)24-21-12-18(31(4,29)30)10-11-20(21)23/h5-12H,13-14H2,1-4H3,(H,24,28). The number of aryl methyl sites for hydroxylation is 1. The Bertz CT molecular complexity index is 1210. The molecule has 164 valence electrons. The number of nitrogens with zero attached hydrogens (tertiary/aromatic N) is 3. The monoisotopic (exact) mass is 460 g/mol. The highest BCUT2D eigenvalue weighted by atomic mass is 35.5. The van der Waals surface area contributed by atoms with E-state index in [0.29, 0.717) is 6.54 Å². The molecule has 0 atom stereocenters. The molecule has 0 fully saturated rings. The van der Waals surface area contributed by atoms with Crippen molar-refractivity contribution >= 4 is 33.0 Å². The Hall–Kier alpha value is -2.68. The summed E-state index contributed by atoms with van der Waals surface area (Å²) in [5.41, 5.74) is 4.22. The van der Waals surface area contributed by atoms with Crippen LogP contribution in [0, 0.1) is 13.8 Å². The van der Waals surface area contributed by atoms with Gasteiger partial charge in [-0.15, -0.1) is 0 Å². The first-order valence-corrected chi connectivity index (χ1v) is 11.9.